The first-order chi connectivity index (χ1) is 14.5. The summed E-state index contributed by atoms with van der Waals surface area (Å²) in [5.74, 6) is 0.515. The number of carbonyl (C=O) groups is 4. The zero-order valence-corrected chi connectivity index (χ0v) is 16.7. The van der Waals surface area contributed by atoms with E-state index in [1.165, 1.54) is 19.3 Å². The maximum absolute atomic E-state index is 13.1. The fraction of sp³-hybridized carbons (Fsp3) is 0.545. The lowest BCUT2D eigenvalue weighted by Crippen LogP contribution is -2.52. The summed E-state index contributed by atoms with van der Waals surface area (Å²) in [6.45, 7) is 1.75. The van der Waals surface area contributed by atoms with E-state index in [1.54, 1.807) is 11.0 Å². The lowest BCUT2D eigenvalue weighted by Gasteiger charge is -2.29. The predicted octanol–water partition coefficient (Wildman–Crippen LogP) is 1.49. The van der Waals surface area contributed by atoms with Crippen LogP contribution in [0.4, 0.5) is 10.5 Å². The van der Waals surface area contributed by atoms with Crippen molar-refractivity contribution in [2.75, 3.05) is 18.0 Å². The first kappa shape index (κ1) is 17.9. The Morgan fingerprint density at radius 2 is 1.73 bits per heavy atom. The third-order valence-electron chi connectivity index (χ3n) is 7.58. The van der Waals surface area contributed by atoms with Crippen LogP contribution in [-0.2, 0) is 16.1 Å². The highest BCUT2D eigenvalue weighted by atomic mass is 16.2. The van der Waals surface area contributed by atoms with E-state index in [0.29, 0.717) is 43.0 Å². The average molecular weight is 408 g/mol. The molecule has 8 nitrogen and oxygen atoms in total. The van der Waals surface area contributed by atoms with Gasteiger partial charge >= 0.3 is 6.03 Å². The Labute approximate surface area is 174 Å². The van der Waals surface area contributed by atoms with Gasteiger partial charge in [-0.3, -0.25) is 24.6 Å². The Bertz CT molecular complexity index is 981. The molecule has 5 aliphatic rings. The molecule has 156 valence electrons. The van der Waals surface area contributed by atoms with Gasteiger partial charge in [-0.15, -0.1) is 0 Å². The molecular formula is C22H24N4O4. The first-order valence-electron chi connectivity index (χ1n) is 10.9. The molecule has 1 N–H and O–H groups in total. The number of rotatable bonds is 3. The van der Waals surface area contributed by atoms with Gasteiger partial charge in [0.25, 0.3) is 5.91 Å². The van der Waals surface area contributed by atoms with Crippen molar-refractivity contribution < 1.29 is 19.2 Å². The number of hydrogen-bond donors (Lipinski definition) is 1. The van der Waals surface area contributed by atoms with Gasteiger partial charge in [0.05, 0.1) is 0 Å². The van der Waals surface area contributed by atoms with Gasteiger partial charge in [-0.1, -0.05) is 6.42 Å². The van der Waals surface area contributed by atoms with Gasteiger partial charge in [-0.2, -0.15) is 0 Å². The molecule has 30 heavy (non-hydrogen) atoms. The molecule has 6 rings (SSSR count). The average Bonchev–Trinajstić information content (AvgIpc) is 3.09. The van der Waals surface area contributed by atoms with Crippen molar-refractivity contribution in [1.82, 2.24) is 15.1 Å². The molecule has 3 heterocycles. The van der Waals surface area contributed by atoms with Crippen LogP contribution in [0, 0.1) is 11.8 Å². The molecule has 0 radical (unpaired) electrons. The normalized spacial score (nSPS) is 32.6. The van der Waals surface area contributed by atoms with E-state index in [9.17, 15) is 19.2 Å². The molecule has 3 aliphatic heterocycles. The molecule has 3 unspecified atom stereocenters. The van der Waals surface area contributed by atoms with E-state index in [1.807, 2.05) is 21.9 Å². The highest BCUT2D eigenvalue weighted by Crippen LogP contribution is 2.55. The van der Waals surface area contributed by atoms with Crippen molar-refractivity contribution in [3.05, 3.63) is 29.3 Å². The van der Waals surface area contributed by atoms with E-state index in [0.717, 1.165) is 17.8 Å². The zero-order valence-electron chi connectivity index (χ0n) is 16.7. The largest absolute Gasteiger partial charge is 0.324 e. The molecule has 0 aromatic heterocycles. The highest BCUT2D eigenvalue weighted by Gasteiger charge is 2.58. The molecule has 4 fully saturated rings. The molecule has 0 spiro atoms. The first-order valence-corrected chi connectivity index (χ1v) is 10.9. The minimum Gasteiger partial charge on any atom is -0.322 e. The molecule has 3 atom stereocenters. The summed E-state index contributed by atoms with van der Waals surface area (Å²) in [6.07, 6.45) is 4.37. The maximum Gasteiger partial charge on any atom is 0.324 e. The van der Waals surface area contributed by atoms with Gasteiger partial charge < -0.3 is 9.80 Å². The summed E-state index contributed by atoms with van der Waals surface area (Å²) in [4.78, 5) is 54.9. The number of benzene rings is 1. The molecule has 1 aromatic rings. The van der Waals surface area contributed by atoms with Gasteiger partial charge in [0.2, 0.25) is 11.8 Å². The number of piperidine rings is 1. The van der Waals surface area contributed by atoms with Crippen molar-refractivity contribution >= 4 is 29.4 Å². The number of carbonyl (C=O) groups excluding carboxylic acids is 4. The second kappa shape index (κ2) is 6.30. The van der Waals surface area contributed by atoms with E-state index in [-0.39, 0.29) is 24.3 Å². The molecule has 8 heteroatoms. The van der Waals surface area contributed by atoms with Crippen LogP contribution >= 0.6 is 0 Å². The van der Waals surface area contributed by atoms with E-state index in [2.05, 4.69) is 5.32 Å². The Morgan fingerprint density at radius 3 is 2.50 bits per heavy atom. The second-order valence-electron chi connectivity index (χ2n) is 9.12. The molecule has 0 bridgehead atoms. The van der Waals surface area contributed by atoms with Crippen LogP contribution in [0.2, 0.25) is 0 Å². The van der Waals surface area contributed by atoms with E-state index >= 15 is 0 Å². The van der Waals surface area contributed by atoms with Crippen LogP contribution in [0.15, 0.2) is 18.2 Å². The Hall–Kier alpha value is -2.90. The molecule has 5 amide bonds. The van der Waals surface area contributed by atoms with Crippen LogP contribution in [-0.4, -0.2) is 58.7 Å². The van der Waals surface area contributed by atoms with Crippen molar-refractivity contribution in [3.63, 3.8) is 0 Å². The van der Waals surface area contributed by atoms with Crippen molar-refractivity contribution in [2.24, 2.45) is 11.8 Å². The smallest absolute Gasteiger partial charge is 0.322 e. The Kier molecular flexibility index (Phi) is 3.76. The number of imide groups is 1. The maximum atomic E-state index is 13.1. The number of hydrogen-bond acceptors (Lipinski definition) is 4. The SMILES string of the molecule is O=C1CCC(N2Cc3cc(N4CCN(C5C6CCCC65)C4=O)ccc3C2=O)C(=O)N1. The number of nitrogens with one attached hydrogen (secondary N) is 1. The summed E-state index contributed by atoms with van der Waals surface area (Å²) >= 11 is 0. The lowest BCUT2D eigenvalue weighted by molar-refractivity contribution is -0.136. The third kappa shape index (κ3) is 2.52. The van der Waals surface area contributed by atoms with Crippen LogP contribution in [0.1, 0.15) is 48.0 Å². The zero-order chi connectivity index (χ0) is 20.6. The van der Waals surface area contributed by atoms with Crippen molar-refractivity contribution in [1.29, 1.82) is 0 Å². The summed E-state index contributed by atoms with van der Waals surface area (Å²) in [7, 11) is 0. The predicted molar refractivity (Wildman–Crippen MR) is 107 cm³/mol. The standard InChI is InChI=1S/C22H24N4O4/c27-18-7-6-17(20(28)23-18)26-11-12-10-13(4-5-14(12)21(26)29)24-8-9-25(22(24)30)19-15-2-1-3-16(15)19/h4-5,10,15-17,19H,1-3,6-9,11H2,(H,23,27,28). The molecule has 2 aliphatic carbocycles. The number of urea groups is 1. The van der Waals surface area contributed by atoms with Crippen molar-refractivity contribution in [2.45, 2.75) is 50.7 Å². The van der Waals surface area contributed by atoms with Crippen LogP contribution in [0.25, 0.3) is 0 Å². The quantitative estimate of drug-likeness (QED) is 0.768. The van der Waals surface area contributed by atoms with Crippen LogP contribution in [0.5, 0.6) is 0 Å². The van der Waals surface area contributed by atoms with E-state index in [4.69, 9.17) is 0 Å². The molecule has 2 saturated carbocycles. The number of anilines is 1. The minimum absolute atomic E-state index is 0.0701. The van der Waals surface area contributed by atoms with Gasteiger partial charge in [0, 0.05) is 43.3 Å². The van der Waals surface area contributed by atoms with Gasteiger partial charge in [0.1, 0.15) is 6.04 Å². The fourth-order valence-electron chi connectivity index (χ4n) is 6.04. The highest BCUT2D eigenvalue weighted by molar-refractivity contribution is 6.06. The monoisotopic (exact) mass is 408 g/mol. The lowest BCUT2D eigenvalue weighted by atomic mass is 10.0. The van der Waals surface area contributed by atoms with Gasteiger partial charge in [-0.05, 0) is 54.9 Å². The van der Waals surface area contributed by atoms with Gasteiger partial charge in [-0.25, -0.2) is 4.79 Å². The fourth-order valence-corrected chi connectivity index (χ4v) is 6.04. The Balaban J connectivity index is 1.20. The Morgan fingerprint density at radius 1 is 0.933 bits per heavy atom. The second-order valence-corrected chi connectivity index (χ2v) is 9.12. The molecular weight excluding hydrogens is 384 g/mol. The topological polar surface area (TPSA) is 90.0 Å². The van der Waals surface area contributed by atoms with Gasteiger partial charge in [0.15, 0.2) is 0 Å². The third-order valence-corrected chi connectivity index (χ3v) is 7.58. The van der Waals surface area contributed by atoms with E-state index < -0.39 is 11.9 Å². The molecule has 2 saturated heterocycles. The van der Waals surface area contributed by atoms with Crippen molar-refractivity contribution in [3.8, 4) is 0 Å². The van der Waals surface area contributed by atoms with Crippen LogP contribution < -0.4 is 10.2 Å². The summed E-state index contributed by atoms with van der Waals surface area (Å²) in [6, 6.07) is 5.38. The summed E-state index contributed by atoms with van der Waals surface area (Å²) < 4.78 is 0. The summed E-state index contributed by atoms with van der Waals surface area (Å²) in [5.41, 5.74) is 2.21. The molecule has 1 aromatic carbocycles. The minimum atomic E-state index is -0.621. The number of amides is 5. The number of nitrogens with zero attached hydrogens (tertiary/aromatic N) is 3. The number of fused-ring (bicyclic) bond motifs is 2. The summed E-state index contributed by atoms with van der Waals surface area (Å²) in [5, 5.41) is 2.32. The van der Waals surface area contributed by atoms with Crippen LogP contribution in [0.3, 0.4) is 0 Å².